The van der Waals surface area contributed by atoms with Crippen LogP contribution < -0.4 is 20.5 Å². The standard InChI is InChI=1S/C25H26N6O3/c1-3-34-20-9-7-19(8-10-20)27-24(32)18(17-26)16-21-23(30-14-12-29(2)13-15-30)28-22-6-4-5-11-31(22)25(21)33/h4-11,16H,3,12-15H2,1-2H3,(H,27,32)/b18-16+. The summed E-state index contributed by atoms with van der Waals surface area (Å²) in [6.07, 6.45) is 2.97. The molecular weight excluding hydrogens is 432 g/mol. The van der Waals surface area contributed by atoms with Gasteiger partial charge in [-0.25, -0.2) is 4.98 Å². The van der Waals surface area contributed by atoms with Gasteiger partial charge in [0.1, 0.15) is 28.9 Å². The molecule has 1 saturated heterocycles. The Balaban J connectivity index is 1.71. The van der Waals surface area contributed by atoms with Crippen molar-refractivity contribution in [1.29, 1.82) is 5.26 Å². The quantitative estimate of drug-likeness (QED) is 0.447. The number of carbonyl (C=O) groups excluding carboxylic acids is 1. The van der Waals surface area contributed by atoms with E-state index in [1.807, 2.05) is 31.0 Å². The smallest absolute Gasteiger partial charge is 0.267 e. The highest BCUT2D eigenvalue weighted by molar-refractivity contribution is 6.10. The largest absolute Gasteiger partial charge is 0.494 e. The molecule has 0 saturated carbocycles. The van der Waals surface area contributed by atoms with Crippen LogP contribution in [0.15, 0.2) is 59.0 Å². The van der Waals surface area contributed by atoms with Crippen LogP contribution in [0.4, 0.5) is 11.5 Å². The number of fused-ring (bicyclic) bond motifs is 1. The van der Waals surface area contributed by atoms with E-state index in [9.17, 15) is 14.9 Å². The van der Waals surface area contributed by atoms with Crippen LogP contribution in [0.1, 0.15) is 12.5 Å². The normalized spacial score (nSPS) is 14.6. The molecule has 1 aliphatic heterocycles. The number of aromatic nitrogens is 2. The Hall–Kier alpha value is -4.16. The molecule has 0 atom stereocenters. The summed E-state index contributed by atoms with van der Waals surface area (Å²) < 4.78 is 6.83. The lowest BCUT2D eigenvalue weighted by Gasteiger charge is -2.34. The third-order valence-electron chi connectivity index (χ3n) is 5.63. The predicted molar refractivity (Wildman–Crippen MR) is 131 cm³/mol. The molecule has 174 valence electrons. The van der Waals surface area contributed by atoms with E-state index in [-0.39, 0.29) is 16.7 Å². The molecule has 1 aliphatic rings. The first-order chi connectivity index (χ1) is 16.5. The molecule has 0 unspecified atom stereocenters. The second-order valence-corrected chi connectivity index (χ2v) is 7.95. The van der Waals surface area contributed by atoms with E-state index in [1.54, 1.807) is 42.6 Å². The van der Waals surface area contributed by atoms with E-state index in [2.05, 4.69) is 10.2 Å². The van der Waals surface area contributed by atoms with Crippen molar-refractivity contribution < 1.29 is 9.53 Å². The highest BCUT2D eigenvalue weighted by Crippen LogP contribution is 2.21. The maximum absolute atomic E-state index is 13.4. The van der Waals surface area contributed by atoms with Gasteiger partial charge in [-0.15, -0.1) is 0 Å². The molecular formula is C25H26N6O3. The van der Waals surface area contributed by atoms with Gasteiger partial charge in [0.05, 0.1) is 12.2 Å². The van der Waals surface area contributed by atoms with Crippen molar-refractivity contribution in [2.75, 3.05) is 50.1 Å². The summed E-state index contributed by atoms with van der Waals surface area (Å²) in [5, 5.41) is 12.5. The molecule has 0 aliphatic carbocycles. The Morgan fingerprint density at radius 1 is 1.18 bits per heavy atom. The number of nitrogens with one attached hydrogen (secondary N) is 1. The second kappa shape index (κ2) is 10.2. The van der Waals surface area contributed by atoms with Gasteiger partial charge in [-0.2, -0.15) is 5.26 Å². The van der Waals surface area contributed by atoms with E-state index in [0.717, 1.165) is 13.1 Å². The van der Waals surface area contributed by atoms with Crippen molar-refractivity contribution in [2.24, 2.45) is 0 Å². The van der Waals surface area contributed by atoms with Crippen LogP contribution in [0.5, 0.6) is 5.75 Å². The summed E-state index contributed by atoms with van der Waals surface area (Å²) in [4.78, 5) is 35.2. The maximum Gasteiger partial charge on any atom is 0.267 e. The fourth-order valence-electron chi connectivity index (χ4n) is 3.77. The summed E-state index contributed by atoms with van der Waals surface area (Å²) in [5.41, 5.74) is 0.727. The number of ether oxygens (including phenoxy) is 1. The zero-order valence-electron chi connectivity index (χ0n) is 19.2. The maximum atomic E-state index is 13.4. The van der Waals surface area contributed by atoms with Crippen molar-refractivity contribution in [1.82, 2.24) is 14.3 Å². The molecule has 1 N–H and O–H groups in total. The topological polar surface area (TPSA) is 103 Å². The molecule has 9 heteroatoms. The number of amides is 1. The number of piperazine rings is 1. The number of carbonyl (C=O) groups is 1. The van der Waals surface area contributed by atoms with Gasteiger partial charge in [0.15, 0.2) is 0 Å². The Morgan fingerprint density at radius 2 is 1.91 bits per heavy atom. The molecule has 34 heavy (non-hydrogen) atoms. The van der Waals surface area contributed by atoms with Gasteiger partial charge in [0.25, 0.3) is 11.5 Å². The van der Waals surface area contributed by atoms with E-state index in [0.29, 0.717) is 42.6 Å². The van der Waals surface area contributed by atoms with Crippen LogP contribution in [-0.2, 0) is 4.79 Å². The number of benzene rings is 1. The summed E-state index contributed by atoms with van der Waals surface area (Å²) in [5.74, 6) is 0.558. The predicted octanol–water partition coefficient (Wildman–Crippen LogP) is 2.39. The molecule has 1 amide bonds. The first-order valence-electron chi connectivity index (χ1n) is 11.1. The lowest BCUT2D eigenvalue weighted by molar-refractivity contribution is -0.112. The minimum absolute atomic E-state index is 0.181. The number of hydrogen-bond acceptors (Lipinski definition) is 7. The third-order valence-corrected chi connectivity index (χ3v) is 5.63. The first kappa shape index (κ1) is 23.0. The number of hydrogen-bond donors (Lipinski definition) is 1. The van der Waals surface area contributed by atoms with Crippen molar-refractivity contribution in [3.63, 3.8) is 0 Å². The highest BCUT2D eigenvalue weighted by atomic mass is 16.5. The molecule has 1 aromatic carbocycles. The molecule has 9 nitrogen and oxygen atoms in total. The monoisotopic (exact) mass is 458 g/mol. The number of anilines is 2. The van der Waals surface area contributed by atoms with Gasteiger partial charge in [0, 0.05) is 38.1 Å². The lowest BCUT2D eigenvalue weighted by Crippen LogP contribution is -2.45. The molecule has 3 aromatic rings. The summed E-state index contributed by atoms with van der Waals surface area (Å²) in [6.45, 7) is 5.45. The lowest BCUT2D eigenvalue weighted by atomic mass is 10.1. The molecule has 0 bridgehead atoms. The van der Waals surface area contributed by atoms with Gasteiger partial charge in [-0.1, -0.05) is 6.07 Å². The molecule has 1 fully saturated rings. The van der Waals surface area contributed by atoms with Crippen LogP contribution in [0.25, 0.3) is 11.7 Å². The van der Waals surface area contributed by atoms with Gasteiger partial charge >= 0.3 is 0 Å². The number of likely N-dealkylation sites (N-methyl/N-ethyl adjacent to an activating group) is 1. The molecule has 3 heterocycles. The van der Waals surface area contributed by atoms with Crippen molar-refractivity contribution in [3.8, 4) is 11.8 Å². The molecule has 0 radical (unpaired) electrons. The van der Waals surface area contributed by atoms with Crippen molar-refractivity contribution >= 4 is 29.1 Å². The fourth-order valence-corrected chi connectivity index (χ4v) is 3.77. The highest BCUT2D eigenvalue weighted by Gasteiger charge is 2.22. The molecule has 2 aromatic heterocycles. The van der Waals surface area contributed by atoms with Gasteiger partial charge in [-0.05, 0) is 56.4 Å². The van der Waals surface area contributed by atoms with Crippen LogP contribution in [0, 0.1) is 11.3 Å². The Morgan fingerprint density at radius 3 is 2.59 bits per heavy atom. The number of nitrogens with zero attached hydrogens (tertiary/aromatic N) is 5. The summed E-state index contributed by atoms with van der Waals surface area (Å²) in [7, 11) is 2.04. The van der Waals surface area contributed by atoms with Gasteiger partial charge in [0.2, 0.25) is 0 Å². The molecule has 4 rings (SSSR count). The van der Waals surface area contributed by atoms with E-state index >= 15 is 0 Å². The van der Waals surface area contributed by atoms with E-state index in [4.69, 9.17) is 9.72 Å². The van der Waals surface area contributed by atoms with Gasteiger partial charge in [-0.3, -0.25) is 14.0 Å². The number of nitriles is 1. The minimum Gasteiger partial charge on any atom is -0.494 e. The average molecular weight is 459 g/mol. The minimum atomic E-state index is -0.603. The van der Waals surface area contributed by atoms with E-state index < -0.39 is 5.91 Å². The first-order valence-corrected chi connectivity index (χ1v) is 11.1. The Bertz CT molecular complexity index is 1320. The van der Waals surface area contributed by atoms with Crippen LogP contribution in [0.2, 0.25) is 0 Å². The molecule has 0 spiro atoms. The Labute approximate surface area is 197 Å². The average Bonchev–Trinajstić information content (AvgIpc) is 2.85. The van der Waals surface area contributed by atoms with Crippen LogP contribution >= 0.6 is 0 Å². The van der Waals surface area contributed by atoms with Crippen molar-refractivity contribution in [3.05, 3.63) is 70.2 Å². The number of pyridine rings is 1. The summed E-state index contributed by atoms with van der Waals surface area (Å²) >= 11 is 0. The SMILES string of the molecule is CCOc1ccc(NC(=O)/C(C#N)=C/c2c(N3CCN(C)CC3)nc3ccccn3c2=O)cc1. The zero-order chi connectivity index (χ0) is 24.1. The number of rotatable bonds is 6. The van der Waals surface area contributed by atoms with Gasteiger partial charge < -0.3 is 19.9 Å². The van der Waals surface area contributed by atoms with Crippen molar-refractivity contribution in [2.45, 2.75) is 6.92 Å². The van der Waals surface area contributed by atoms with E-state index in [1.165, 1.54) is 10.5 Å². The van der Waals surface area contributed by atoms with Crippen LogP contribution in [-0.4, -0.2) is 60.0 Å². The van der Waals surface area contributed by atoms with Crippen LogP contribution in [0.3, 0.4) is 0 Å². The zero-order valence-corrected chi connectivity index (χ0v) is 19.2. The second-order valence-electron chi connectivity index (χ2n) is 7.95. The fraction of sp³-hybridized carbons (Fsp3) is 0.280. The third kappa shape index (κ3) is 4.92. The Kier molecular flexibility index (Phi) is 6.90. The summed E-state index contributed by atoms with van der Waals surface area (Å²) in [6, 6.07) is 14.1.